The van der Waals surface area contributed by atoms with Crippen LogP contribution in [0.25, 0.3) is 0 Å². The predicted molar refractivity (Wildman–Crippen MR) is 71.9 cm³/mol. The van der Waals surface area contributed by atoms with Crippen LogP contribution >= 0.6 is 11.6 Å². The van der Waals surface area contributed by atoms with Crippen LogP contribution in [-0.4, -0.2) is 19.7 Å². The zero-order valence-electron chi connectivity index (χ0n) is 10.3. The molecule has 0 spiro atoms. The average Bonchev–Trinajstić information content (AvgIpc) is 2.33. The van der Waals surface area contributed by atoms with Gasteiger partial charge < -0.3 is 10.1 Å². The Morgan fingerprint density at radius 2 is 2.35 bits per heavy atom. The summed E-state index contributed by atoms with van der Waals surface area (Å²) in [5.41, 5.74) is 1.11. The molecule has 0 saturated carbocycles. The highest BCUT2D eigenvalue weighted by atomic mass is 35.5. The third-order valence-corrected chi connectivity index (χ3v) is 3.55. The summed E-state index contributed by atoms with van der Waals surface area (Å²) in [7, 11) is 0. The van der Waals surface area contributed by atoms with Gasteiger partial charge in [-0.25, -0.2) is 0 Å². The first kappa shape index (κ1) is 12.7. The number of halogens is 1. The summed E-state index contributed by atoms with van der Waals surface area (Å²) in [6, 6.07) is 5.78. The van der Waals surface area contributed by atoms with Gasteiger partial charge >= 0.3 is 0 Å². The van der Waals surface area contributed by atoms with Crippen molar-refractivity contribution in [1.29, 1.82) is 0 Å². The minimum atomic E-state index is 0.770. The van der Waals surface area contributed by atoms with Crippen molar-refractivity contribution in [2.24, 2.45) is 5.92 Å². The highest BCUT2D eigenvalue weighted by Crippen LogP contribution is 2.22. The van der Waals surface area contributed by atoms with Gasteiger partial charge in [-0.15, -0.1) is 0 Å². The largest absolute Gasteiger partial charge is 0.493 e. The Morgan fingerprint density at radius 3 is 3.06 bits per heavy atom. The number of piperidine rings is 1. The second kappa shape index (κ2) is 6.27. The van der Waals surface area contributed by atoms with Crippen molar-refractivity contribution in [2.75, 3.05) is 19.7 Å². The fraction of sp³-hybridized carbons (Fsp3) is 0.571. The van der Waals surface area contributed by atoms with Crippen LogP contribution in [0.1, 0.15) is 24.8 Å². The number of ether oxygens (including phenoxy) is 1. The molecule has 3 heteroatoms. The Kier molecular flexibility index (Phi) is 4.69. The quantitative estimate of drug-likeness (QED) is 0.888. The van der Waals surface area contributed by atoms with Gasteiger partial charge in [-0.1, -0.05) is 11.6 Å². The SMILES string of the molecule is Cc1cc(Cl)ccc1OCC[C@@H]1CCCNC1. The molecule has 1 aliphatic heterocycles. The lowest BCUT2D eigenvalue weighted by Gasteiger charge is -2.22. The van der Waals surface area contributed by atoms with Gasteiger partial charge in [0.15, 0.2) is 0 Å². The lowest BCUT2D eigenvalue weighted by atomic mass is 9.97. The molecule has 0 aromatic heterocycles. The first-order valence-electron chi connectivity index (χ1n) is 6.35. The van der Waals surface area contributed by atoms with Crippen LogP contribution in [0.3, 0.4) is 0 Å². The van der Waals surface area contributed by atoms with Crippen LogP contribution in [0.2, 0.25) is 5.02 Å². The van der Waals surface area contributed by atoms with Gasteiger partial charge in [-0.05, 0) is 69.0 Å². The number of rotatable bonds is 4. The molecule has 1 N–H and O–H groups in total. The number of nitrogens with one attached hydrogen (secondary N) is 1. The zero-order valence-corrected chi connectivity index (χ0v) is 11.1. The minimum absolute atomic E-state index is 0.770. The van der Waals surface area contributed by atoms with Crippen LogP contribution in [0, 0.1) is 12.8 Å². The normalized spacial score (nSPS) is 20.2. The molecule has 1 fully saturated rings. The van der Waals surface area contributed by atoms with Crippen molar-refractivity contribution in [3.63, 3.8) is 0 Å². The van der Waals surface area contributed by atoms with Crippen molar-refractivity contribution < 1.29 is 4.74 Å². The molecule has 0 aliphatic carbocycles. The number of hydrogen-bond acceptors (Lipinski definition) is 2. The van der Waals surface area contributed by atoms with E-state index in [9.17, 15) is 0 Å². The third kappa shape index (κ3) is 3.90. The van der Waals surface area contributed by atoms with E-state index in [0.29, 0.717) is 0 Å². The van der Waals surface area contributed by atoms with E-state index in [0.717, 1.165) is 41.8 Å². The fourth-order valence-corrected chi connectivity index (χ4v) is 2.51. The minimum Gasteiger partial charge on any atom is -0.493 e. The van der Waals surface area contributed by atoms with Crippen molar-refractivity contribution in [3.8, 4) is 5.75 Å². The molecule has 1 atom stereocenters. The average molecular weight is 254 g/mol. The van der Waals surface area contributed by atoms with E-state index in [2.05, 4.69) is 5.32 Å². The van der Waals surface area contributed by atoms with Crippen LogP contribution in [0.4, 0.5) is 0 Å². The van der Waals surface area contributed by atoms with E-state index in [1.54, 1.807) is 0 Å². The van der Waals surface area contributed by atoms with E-state index in [-0.39, 0.29) is 0 Å². The van der Waals surface area contributed by atoms with E-state index in [1.165, 1.54) is 19.4 Å². The Labute approximate surface area is 108 Å². The summed E-state index contributed by atoms with van der Waals surface area (Å²) >= 11 is 5.91. The maximum Gasteiger partial charge on any atom is 0.122 e. The summed E-state index contributed by atoms with van der Waals surface area (Å²) in [5, 5.41) is 4.20. The molecule has 17 heavy (non-hydrogen) atoms. The third-order valence-electron chi connectivity index (χ3n) is 3.32. The Bertz CT molecular complexity index is 361. The molecule has 2 nitrogen and oxygen atoms in total. The highest BCUT2D eigenvalue weighted by Gasteiger charge is 2.12. The maximum absolute atomic E-state index is 5.91. The van der Waals surface area contributed by atoms with Crippen molar-refractivity contribution in [2.45, 2.75) is 26.2 Å². The lowest BCUT2D eigenvalue weighted by Crippen LogP contribution is -2.30. The van der Waals surface area contributed by atoms with E-state index in [4.69, 9.17) is 16.3 Å². The van der Waals surface area contributed by atoms with Crippen LogP contribution in [0.15, 0.2) is 18.2 Å². The van der Waals surface area contributed by atoms with Gasteiger partial charge in [0, 0.05) is 5.02 Å². The first-order chi connectivity index (χ1) is 8.25. The van der Waals surface area contributed by atoms with Crippen LogP contribution in [0.5, 0.6) is 5.75 Å². The molecule has 94 valence electrons. The van der Waals surface area contributed by atoms with Gasteiger partial charge in [0.2, 0.25) is 0 Å². The van der Waals surface area contributed by atoms with Gasteiger partial charge in [-0.2, -0.15) is 0 Å². The van der Waals surface area contributed by atoms with Gasteiger partial charge in [-0.3, -0.25) is 0 Å². The monoisotopic (exact) mass is 253 g/mol. The zero-order chi connectivity index (χ0) is 12.1. The fourth-order valence-electron chi connectivity index (χ4n) is 2.28. The van der Waals surface area contributed by atoms with Gasteiger partial charge in [0.05, 0.1) is 6.61 Å². The first-order valence-corrected chi connectivity index (χ1v) is 6.73. The number of aryl methyl sites for hydroxylation is 1. The molecule has 0 bridgehead atoms. The predicted octanol–water partition coefficient (Wildman–Crippen LogP) is 3.42. The second-order valence-electron chi connectivity index (χ2n) is 4.76. The molecule has 1 saturated heterocycles. The molecule has 1 aromatic carbocycles. The molecular weight excluding hydrogens is 234 g/mol. The van der Waals surface area contributed by atoms with Gasteiger partial charge in [0.25, 0.3) is 0 Å². The topological polar surface area (TPSA) is 21.3 Å². The smallest absolute Gasteiger partial charge is 0.122 e. The highest BCUT2D eigenvalue weighted by molar-refractivity contribution is 6.30. The van der Waals surface area contributed by atoms with Crippen molar-refractivity contribution in [1.82, 2.24) is 5.32 Å². The summed E-state index contributed by atoms with van der Waals surface area (Å²) in [5.74, 6) is 1.73. The Hall–Kier alpha value is -0.730. The van der Waals surface area contributed by atoms with E-state index >= 15 is 0 Å². The van der Waals surface area contributed by atoms with E-state index < -0.39 is 0 Å². The molecule has 0 unspecified atom stereocenters. The second-order valence-corrected chi connectivity index (χ2v) is 5.20. The Balaban J connectivity index is 1.77. The van der Waals surface area contributed by atoms with E-state index in [1.807, 2.05) is 25.1 Å². The molecule has 0 amide bonds. The lowest BCUT2D eigenvalue weighted by molar-refractivity contribution is 0.253. The van der Waals surface area contributed by atoms with Crippen molar-refractivity contribution >= 4 is 11.6 Å². The molecule has 1 aliphatic rings. The molecule has 0 radical (unpaired) electrons. The summed E-state index contributed by atoms with van der Waals surface area (Å²) in [6.07, 6.45) is 3.76. The summed E-state index contributed by atoms with van der Waals surface area (Å²) < 4.78 is 5.81. The standard InChI is InChI=1S/C14H20ClNO/c1-11-9-13(15)4-5-14(11)17-8-6-12-3-2-7-16-10-12/h4-5,9,12,16H,2-3,6-8,10H2,1H3/t12-/m0/s1. The molecule has 1 aromatic rings. The van der Waals surface area contributed by atoms with Crippen molar-refractivity contribution in [3.05, 3.63) is 28.8 Å². The summed E-state index contributed by atoms with van der Waals surface area (Å²) in [6.45, 7) is 5.15. The Morgan fingerprint density at radius 1 is 1.47 bits per heavy atom. The van der Waals surface area contributed by atoms with Gasteiger partial charge in [0.1, 0.15) is 5.75 Å². The molecule has 1 heterocycles. The number of hydrogen-bond donors (Lipinski definition) is 1. The maximum atomic E-state index is 5.91. The molecular formula is C14H20ClNO. The van der Waals surface area contributed by atoms with Crippen LogP contribution < -0.4 is 10.1 Å². The summed E-state index contributed by atoms with van der Waals surface area (Å²) in [4.78, 5) is 0. The molecule has 2 rings (SSSR count). The number of benzene rings is 1. The van der Waals surface area contributed by atoms with Crippen LogP contribution in [-0.2, 0) is 0 Å².